The third-order valence-corrected chi connectivity index (χ3v) is 2.73. The average molecular weight is 338 g/mol. The number of benzene rings is 1. The van der Waals surface area contributed by atoms with Gasteiger partial charge in [0, 0.05) is 6.04 Å². The molecule has 1 rings (SSSR count). The summed E-state index contributed by atoms with van der Waals surface area (Å²) in [7, 11) is 0. The van der Waals surface area contributed by atoms with Crippen molar-refractivity contribution < 1.29 is 22.8 Å². The van der Waals surface area contributed by atoms with Gasteiger partial charge in [-0.3, -0.25) is 4.79 Å². The lowest BCUT2D eigenvalue weighted by molar-refractivity contribution is -0.137. The van der Waals surface area contributed by atoms with Crippen LogP contribution in [0.2, 0.25) is 5.02 Å². The molecule has 3 amide bonds. The second-order valence-corrected chi connectivity index (χ2v) is 5.13. The lowest BCUT2D eigenvalue weighted by Crippen LogP contribution is -2.42. The zero-order valence-corrected chi connectivity index (χ0v) is 12.6. The zero-order chi connectivity index (χ0) is 16.9. The van der Waals surface area contributed by atoms with Crippen LogP contribution in [0.4, 0.5) is 23.7 Å². The number of hydrogen-bond donors (Lipinski definition) is 3. The molecule has 0 aliphatic heterocycles. The molecule has 9 heteroatoms. The van der Waals surface area contributed by atoms with Crippen LogP contribution in [0.1, 0.15) is 19.4 Å². The van der Waals surface area contributed by atoms with Gasteiger partial charge in [-0.1, -0.05) is 11.6 Å². The first-order chi connectivity index (χ1) is 10.1. The summed E-state index contributed by atoms with van der Waals surface area (Å²) in [4.78, 5) is 22.9. The Hall–Kier alpha value is -1.96. The lowest BCUT2D eigenvalue weighted by Gasteiger charge is -2.13. The Labute approximate surface area is 130 Å². The Bertz CT molecular complexity index is 562. The molecular formula is C13H15ClF3N3O2. The quantitative estimate of drug-likeness (QED) is 0.790. The van der Waals surface area contributed by atoms with Gasteiger partial charge in [-0.25, -0.2) is 4.79 Å². The first-order valence-electron chi connectivity index (χ1n) is 6.30. The summed E-state index contributed by atoms with van der Waals surface area (Å²) in [6, 6.07) is 1.92. The number of halogens is 4. The highest BCUT2D eigenvalue weighted by atomic mass is 35.5. The lowest BCUT2D eigenvalue weighted by atomic mass is 10.2. The number of hydrogen-bond acceptors (Lipinski definition) is 2. The highest BCUT2D eigenvalue weighted by Gasteiger charge is 2.31. The molecule has 0 aromatic heterocycles. The summed E-state index contributed by atoms with van der Waals surface area (Å²) in [5, 5.41) is 6.95. The van der Waals surface area contributed by atoms with Gasteiger partial charge in [-0.15, -0.1) is 0 Å². The minimum absolute atomic E-state index is 0.0343. The van der Waals surface area contributed by atoms with E-state index in [4.69, 9.17) is 11.6 Å². The summed E-state index contributed by atoms with van der Waals surface area (Å²) in [5.41, 5.74) is -1.11. The Morgan fingerprint density at radius 3 is 2.45 bits per heavy atom. The molecule has 0 bridgehead atoms. The second kappa shape index (κ2) is 7.35. The second-order valence-electron chi connectivity index (χ2n) is 4.72. The highest BCUT2D eigenvalue weighted by Crippen LogP contribution is 2.33. The van der Waals surface area contributed by atoms with E-state index in [2.05, 4.69) is 16.0 Å². The van der Waals surface area contributed by atoms with Gasteiger partial charge in [0.05, 0.1) is 22.8 Å². The first-order valence-corrected chi connectivity index (χ1v) is 6.68. The monoisotopic (exact) mass is 337 g/mol. The van der Waals surface area contributed by atoms with Crippen LogP contribution >= 0.6 is 11.6 Å². The predicted octanol–water partition coefficient (Wildman–Crippen LogP) is 3.00. The summed E-state index contributed by atoms with van der Waals surface area (Å²) in [6.45, 7) is 3.08. The Morgan fingerprint density at radius 1 is 1.27 bits per heavy atom. The van der Waals surface area contributed by atoms with Crippen molar-refractivity contribution in [3.05, 3.63) is 28.8 Å². The highest BCUT2D eigenvalue weighted by molar-refractivity contribution is 6.33. The first kappa shape index (κ1) is 18.1. The number of amides is 3. The van der Waals surface area contributed by atoms with E-state index in [-0.39, 0.29) is 16.8 Å². The molecule has 0 saturated heterocycles. The molecule has 0 saturated carbocycles. The molecule has 0 unspecified atom stereocenters. The third-order valence-electron chi connectivity index (χ3n) is 2.40. The largest absolute Gasteiger partial charge is 0.416 e. The van der Waals surface area contributed by atoms with Crippen molar-refractivity contribution >= 4 is 29.2 Å². The van der Waals surface area contributed by atoms with Gasteiger partial charge in [-0.2, -0.15) is 13.2 Å². The number of carbonyl (C=O) groups is 2. The predicted molar refractivity (Wildman–Crippen MR) is 76.8 cm³/mol. The van der Waals surface area contributed by atoms with E-state index in [1.165, 1.54) is 0 Å². The topological polar surface area (TPSA) is 70.2 Å². The zero-order valence-electron chi connectivity index (χ0n) is 11.8. The fourth-order valence-corrected chi connectivity index (χ4v) is 1.63. The normalized spacial score (nSPS) is 11.2. The molecule has 22 heavy (non-hydrogen) atoms. The van der Waals surface area contributed by atoms with Crippen molar-refractivity contribution in [2.75, 3.05) is 11.9 Å². The molecule has 0 aliphatic carbocycles. The number of urea groups is 1. The van der Waals surface area contributed by atoms with Gasteiger partial charge < -0.3 is 16.0 Å². The Balaban J connectivity index is 2.66. The minimum atomic E-state index is -4.54. The molecule has 5 nitrogen and oxygen atoms in total. The van der Waals surface area contributed by atoms with Crippen LogP contribution in [-0.4, -0.2) is 24.5 Å². The minimum Gasteiger partial charge on any atom is -0.336 e. The Morgan fingerprint density at radius 2 is 1.91 bits per heavy atom. The number of rotatable bonds is 4. The number of nitrogens with one attached hydrogen (secondary N) is 3. The molecular weight excluding hydrogens is 323 g/mol. The van der Waals surface area contributed by atoms with E-state index >= 15 is 0 Å². The van der Waals surface area contributed by atoms with Crippen LogP contribution in [-0.2, 0) is 11.0 Å². The number of alkyl halides is 3. The van der Waals surface area contributed by atoms with Crippen LogP contribution in [0.3, 0.4) is 0 Å². The van der Waals surface area contributed by atoms with Crippen LogP contribution in [0, 0.1) is 0 Å². The van der Waals surface area contributed by atoms with Crippen molar-refractivity contribution in [1.29, 1.82) is 0 Å². The average Bonchev–Trinajstić information content (AvgIpc) is 2.37. The molecule has 0 fully saturated rings. The molecule has 1 aromatic carbocycles. The van der Waals surface area contributed by atoms with E-state index in [0.717, 1.165) is 18.2 Å². The van der Waals surface area contributed by atoms with Gasteiger partial charge in [0.15, 0.2) is 0 Å². The van der Waals surface area contributed by atoms with Crippen LogP contribution in [0.15, 0.2) is 18.2 Å². The van der Waals surface area contributed by atoms with E-state index in [0.29, 0.717) is 0 Å². The van der Waals surface area contributed by atoms with Gasteiger partial charge >= 0.3 is 12.2 Å². The molecule has 1 aromatic rings. The standard InChI is InChI=1S/C13H15ClF3N3O2/c1-7(2)19-12(22)18-6-11(21)20-10-5-8(13(15,16)17)3-4-9(10)14/h3-5,7H,6H2,1-2H3,(H,20,21)(H2,18,19,22). The van der Waals surface area contributed by atoms with E-state index in [9.17, 15) is 22.8 Å². The summed E-state index contributed by atoms with van der Waals surface area (Å²) >= 11 is 5.74. The van der Waals surface area contributed by atoms with Gasteiger partial charge in [-0.05, 0) is 32.0 Å². The van der Waals surface area contributed by atoms with Crippen molar-refractivity contribution in [2.45, 2.75) is 26.1 Å². The molecule has 122 valence electrons. The van der Waals surface area contributed by atoms with Gasteiger partial charge in [0.25, 0.3) is 0 Å². The fraction of sp³-hybridized carbons (Fsp3) is 0.385. The number of anilines is 1. The van der Waals surface area contributed by atoms with Gasteiger partial charge in [0.1, 0.15) is 0 Å². The van der Waals surface area contributed by atoms with Crippen molar-refractivity contribution in [3.8, 4) is 0 Å². The maximum absolute atomic E-state index is 12.6. The third kappa shape index (κ3) is 5.80. The maximum Gasteiger partial charge on any atom is 0.416 e. The summed E-state index contributed by atoms with van der Waals surface area (Å²) in [6.07, 6.45) is -4.54. The molecule has 0 radical (unpaired) electrons. The smallest absolute Gasteiger partial charge is 0.336 e. The van der Waals surface area contributed by atoms with Crippen molar-refractivity contribution in [1.82, 2.24) is 10.6 Å². The van der Waals surface area contributed by atoms with Gasteiger partial charge in [0.2, 0.25) is 5.91 Å². The molecule has 0 spiro atoms. The van der Waals surface area contributed by atoms with Crippen LogP contribution < -0.4 is 16.0 Å². The SMILES string of the molecule is CC(C)NC(=O)NCC(=O)Nc1cc(C(F)(F)F)ccc1Cl. The van der Waals surface area contributed by atoms with E-state index in [1.807, 2.05) is 0 Å². The fourth-order valence-electron chi connectivity index (χ4n) is 1.47. The Kier molecular flexibility index (Phi) is 6.04. The van der Waals surface area contributed by atoms with E-state index in [1.54, 1.807) is 13.8 Å². The molecule has 3 N–H and O–H groups in total. The molecule has 0 heterocycles. The molecule has 0 aliphatic rings. The number of carbonyl (C=O) groups excluding carboxylic acids is 2. The van der Waals surface area contributed by atoms with Crippen LogP contribution in [0.5, 0.6) is 0 Å². The van der Waals surface area contributed by atoms with Crippen molar-refractivity contribution in [3.63, 3.8) is 0 Å². The van der Waals surface area contributed by atoms with Crippen molar-refractivity contribution in [2.24, 2.45) is 0 Å². The summed E-state index contributed by atoms with van der Waals surface area (Å²) in [5.74, 6) is -0.694. The van der Waals surface area contributed by atoms with E-state index < -0.39 is 30.2 Å². The maximum atomic E-state index is 12.6. The molecule has 0 atom stereocenters. The van der Waals surface area contributed by atoms with Crippen LogP contribution in [0.25, 0.3) is 0 Å². The summed E-state index contributed by atoms with van der Waals surface area (Å²) < 4.78 is 37.8.